The second-order valence-electron chi connectivity index (χ2n) is 7.08. The normalized spacial score (nSPS) is 19.0. The quantitative estimate of drug-likeness (QED) is 0.757. The van der Waals surface area contributed by atoms with Gasteiger partial charge in [-0.1, -0.05) is 23.9 Å². The summed E-state index contributed by atoms with van der Waals surface area (Å²) in [4.78, 5) is 19.6. The molecule has 0 aromatic heterocycles. The number of aliphatic imine (C=N–C) groups is 1. The summed E-state index contributed by atoms with van der Waals surface area (Å²) in [5, 5.41) is 3.63. The Morgan fingerprint density at radius 1 is 1.21 bits per heavy atom. The molecule has 0 bridgehead atoms. The van der Waals surface area contributed by atoms with Crippen LogP contribution in [0.2, 0.25) is 0 Å². The fraction of sp³-hybridized carbons (Fsp3) is 0.364. The summed E-state index contributed by atoms with van der Waals surface area (Å²) in [7, 11) is 0. The van der Waals surface area contributed by atoms with E-state index >= 15 is 0 Å². The van der Waals surface area contributed by atoms with E-state index in [1.807, 2.05) is 48.5 Å². The lowest BCUT2D eigenvalue weighted by Crippen LogP contribution is -2.28. The molecule has 2 aromatic rings. The topological polar surface area (TPSA) is 70.7 Å². The average Bonchev–Trinajstić information content (AvgIpc) is 2.69. The zero-order chi connectivity index (χ0) is 20.1. The van der Waals surface area contributed by atoms with E-state index in [0.29, 0.717) is 10.7 Å². The van der Waals surface area contributed by atoms with Gasteiger partial charge in [0.2, 0.25) is 0 Å². The zero-order valence-corrected chi connectivity index (χ0v) is 17.6. The molecule has 0 aliphatic carbocycles. The Morgan fingerprint density at radius 2 is 1.93 bits per heavy atom. The molecule has 0 spiro atoms. The first-order valence-electron chi connectivity index (χ1n) is 9.70. The maximum Gasteiger partial charge on any atom is 0.255 e. The van der Waals surface area contributed by atoms with Crippen LogP contribution in [0.25, 0.3) is 0 Å². The van der Waals surface area contributed by atoms with Gasteiger partial charge in [-0.2, -0.15) is 0 Å². The molecule has 0 saturated carbocycles. The second-order valence-corrected chi connectivity index (χ2v) is 8.19. The number of amidine groups is 1. The summed E-state index contributed by atoms with van der Waals surface area (Å²) in [6.07, 6.45) is 0.919. The lowest BCUT2D eigenvalue weighted by atomic mass is 9.89. The number of amides is 1. The van der Waals surface area contributed by atoms with Crippen molar-refractivity contribution in [3.8, 4) is 0 Å². The maximum atomic E-state index is 12.7. The average molecular weight is 397 g/mol. The number of hydrogen-bond donors (Lipinski definition) is 2. The van der Waals surface area contributed by atoms with Crippen molar-refractivity contribution in [1.82, 2.24) is 0 Å². The number of thioether (sulfide) groups is 1. The van der Waals surface area contributed by atoms with Crippen LogP contribution in [0.3, 0.4) is 0 Å². The first kappa shape index (κ1) is 20.3. The molecule has 6 heteroatoms. The Labute approximate surface area is 171 Å². The number of carbonyl (C=O) groups is 1. The largest absolute Gasteiger partial charge is 0.379 e. The number of carbonyl (C=O) groups excluding carboxylic acids is 1. The third kappa shape index (κ3) is 4.50. The lowest BCUT2D eigenvalue weighted by molar-refractivity contribution is 0.102. The van der Waals surface area contributed by atoms with E-state index in [9.17, 15) is 4.79 Å². The molecular formula is C22H28N4OS. The molecular weight excluding hydrogens is 368 g/mol. The molecule has 1 aliphatic heterocycles. The summed E-state index contributed by atoms with van der Waals surface area (Å²) in [6.45, 7) is 8.23. The minimum absolute atomic E-state index is 0.115. The molecule has 1 heterocycles. The van der Waals surface area contributed by atoms with Crippen molar-refractivity contribution in [1.29, 1.82) is 0 Å². The van der Waals surface area contributed by atoms with Gasteiger partial charge in [0.05, 0.1) is 5.54 Å². The zero-order valence-electron chi connectivity index (χ0n) is 16.7. The molecule has 28 heavy (non-hydrogen) atoms. The van der Waals surface area contributed by atoms with Crippen LogP contribution in [0.4, 0.5) is 11.4 Å². The van der Waals surface area contributed by atoms with Crippen molar-refractivity contribution in [2.24, 2.45) is 10.7 Å². The van der Waals surface area contributed by atoms with E-state index in [2.05, 4.69) is 36.0 Å². The Balaban J connectivity index is 1.75. The summed E-state index contributed by atoms with van der Waals surface area (Å²) in [5.74, 6) is 0.831. The number of nitrogens with zero attached hydrogens (tertiary/aromatic N) is 2. The molecule has 3 rings (SSSR count). The Morgan fingerprint density at radius 3 is 2.57 bits per heavy atom. The Kier molecular flexibility index (Phi) is 6.29. The smallest absolute Gasteiger partial charge is 0.255 e. The lowest BCUT2D eigenvalue weighted by Gasteiger charge is -2.30. The Bertz CT molecular complexity index is 861. The second kappa shape index (κ2) is 8.69. The fourth-order valence-corrected chi connectivity index (χ4v) is 4.42. The number of rotatable bonds is 6. The molecule has 0 radical (unpaired) electrons. The van der Waals surface area contributed by atoms with Gasteiger partial charge in [-0.05, 0) is 69.2 Å². The molecule has 3 N–H and O–H groups in total. The number of anilines is 2. The van der Waals surface area contributed by atoms with Crippen molar-refractivity contribution >= 4 is 34.2 Å². The molecule has 1 aliphatic rings. The van der Waals surface area contributed by atoms with Crippen LogP contribution in [-0.2, 0) is 5.54 Å². The van der Waals surface area contributed by atoms with E-state index in [-0.39, 0.29) is 11.4 Å². The number of benzene rings is 2. The standard InChI is InChI=1S/C22H28N4OS/c1-4-26(5-2)19-11-9-16(10-12-19)20(27)24-18-8-6-7-17(15-18)22(3)13-14-28-21(23)25-22/h6-12,15H,4-5,13-14H2,1-3H3,(H2,23,25)(H,24,27). The van der Waals surface area contributed by atoms with Crippen LogP contribution in [0.5, 0.6) is 0 Å². The van der Waals surface area contributed by atoms with Crippen LogP contribution >= 0.6 is 11.8 Å². The van der Waals surface area contributed by atoms with Crippen LogP contribution in [-0.4, -0.2) is 29.9 Å². The molecule has 1 atom stereocenters. The van der Waals surface area contributed by atoms with E-state index in [1.54, 1.807) is 11.8 Å². The van der Waals surface area contributed by atoms with Crippen LogP contribution in [0.15, 0.2) is 53.5 Å². The van der Waals surface area contributed by atoms with Gasteiger partial charge in [0, 0.05) is 35.8 Å². The van der Waals surface area contributed by atoms with Crippen molar-refractivity contribution in [2.45, 2.75) is 32.7 Å². The predicted molar refractivity (Wildman–Crippen MR) is 120 cm³/mol. The van der Waals surface area contributed by atoms with Gasteiger partial charge in [0.15, 0.2) is 5.17 Å². The third-order valence-corrected chi connectivity index (χ3v) is 5.99. The van der Waals surface area contributed by atoms with Gasteiger partial charge < -0.3 is 16.0 Å². The fourth-order valence-electron chi connectivity index (χ4n) is 3.44. The maximum absolute atomic E-state index is 12.7. The highest BCUT2D eigenvalue weighted by molar-refractivity contribution is 8.13. The number of hydrogen-bond acceptors (Lipinski definition) is 5. The highest BCUT2D eigenvalue weighted by atomic mass is 32.2. The number of nitrogens with one attached hydrogen (secondary N) is 1. The molecule has 2 aromatic carbocycles. The van der Waals surface area contributed by atoms with Crippen molar-refractivity contribution in [3.63, 3.8) is 0 Å². The Hall–Kier alpha value is -2.47. The summed E-state index contributed by atoms with van der Waals surface area (Å²) in [6, 6.07) is 15.6. The predicted octanol–water partition coefficient (Wildman–Crippen LogP) is 4.45. The molecule has 5 nitrogen and oxygen atoms in total. The van der Waals surface area contributed by atoms with Gasteiger partial charge in [-0.3, -0.25) is 9.79 Å². The van der Waals surface area contributed by atoms with E-state index in [1.165, 1.54) is 0 Å². The van der Waals surface area contributed by atoms with Gasteiger partial charge in [0.1, 0.15) is 0 Å². The van der Waals surface area contributed by atoms with Crippen molar-refractivity contribution < 1.29 is 4.79 Å². The van der Waals surface area contributed by atoms with E-state index in [0.717, 1.165) is 42.2 Å². The summed E-state index contributed by atoms with van der Waals surface area (Å²) < 4.78 is 0. The summed E-state index contributed by atoms with van der Waals surface area (Å²) in [5.41, 5.74) is 9.19. The highest BCUT2D eigenvalue weighted by Gasteiger charge is 2.29. The summed E-state index contributed by atoms with van der Waals surface area (Å²) >= 11 is 1.59. The first-order valence-corrected chi connectivity index (χ1v) is 10.7. The minimum atomic E-state index is -0.346. The van der Waals surface area contributed by atoms with Crippen LogP contribution < -0.4 is 16.0 Å². The molecule has 0 fully saturated rings. The highest BCUT2D eigenvalue weighted by Crippen LogP contribution is 2.35. The molecule has 0 saturated heterocycles. The third-order valence-electron chi connectivity index (χ3n) is 5.20. The van der Waals surface area contributed by atoms with E-state index in [4.69, 9.17) is 5.73 Å². The van der Waals surface area contributed by atoms with Crippen molar-refractivity contribution in [2.75, 3.05) is 29.1 Å². The minimum Gasteiger partial charge on any atom is -0.379 e. The van der Waals surface area contributed by atoms with Gasteiger partial charge in [-0.15, -0.1) is 0 Å². The van der Waals surface area contributed by atoms with Crippen molar-refractivity contribution in [3.05, 3.63) is 59.7 Å². The van der Waals surface area contributed by atoms with Gasteiger partial charge in [0.25, 0.3) is 5.91 Å². The van der Waals surface area contributed by atoms with Crippen LogP contribution in [0.1, 0.15) is 43.1 Å². The first-order chi connectivity index (χ1) is 13.4. The SMILES string of the molecule is CCN(CC)c1ccc(C(=O)Nc2cccc(C3(C)CCSC(N)=N3)c2)cc1. The van der Waals surface area contributed by atoms with Gasteiger partial charge in [-0.25, -0.2) is 0 Å². The molecule has 1 amide bonds. The molecule has 148 valence electrons. The van der Waals surface area contributed by atoms with Gasteiger partial charge >= 0.3 is 0 Å². The van der Waals surface area contributed by atoms with E-state index < -0.39 is 0 Å². The van der Waals surface area contributed by atoms with Crippen LogP contribution in [0, 0.1) is 0 Å². The monoisotopic (exact) mass is 396 g/mol. The molecule has 1 unspecified atom stereocenters. The number of nitrogens with two attached hydrogens (primary N) is 1.